The van der Waals surface area contributed by atoms with Crippen LogP contribution in [0, 0.1) is 5.92 Å². The molecular formula is C18H27NO2. The van der Waals surface area contributed by atoms with Gasteiger partial charge in [0.25, 0.3) is 0 Å². The van der Waals surface area contributed by atoms with Gasteiger partial charge in [-0.25, -0.2) is 0 Å². The lowest BCUT2D eigenvalue weighted by molar-refractivity contribution is 0.0715. The fraction of sp³-hybridized carbons (Fsp3) is 0.667. The second kappa shape index (κ2) is 5.53. The summed E-state index contributed by atoms with van der Waals surface area (Å²) in [7, 11) is 0. The van der Waals surface area contributed by atoms with E-state index in [9.17, 15) is 0 Å². The highest BCUT2D eigenvalue weighted by Gasteiger charge is 2.32. The molecule has 3 heteroatoms. The normalized spacial score (nSPS) is 31.1. The quantitative estimate of drug-likeness (QED) is 0.887. The smallest absolute Gasteiger partial charge is 0.128 e. The molecule has 21 heavy (non-hydrogen) atoms. The van der Waals surface area contributed by atoms with Gasteiger partial charge in [-0.15, -0.1) is 0 Å². The molecule has 2 N–H and O–H groups in total. The summed E-state index contributed by atoms with van der Waals surface area (Å²) in [4.78, 5) is 0. The summed E-state index contributed by atoms with van der Waals surface area (Å²) in [5, 5.41) is 0. The molecule has 1 heterocycles. The molecule has 3 unspecified atom stereocenters. The van der Waals surface area contributed by atoms with Gasteiger partial charge in [0.05, 0.1) is 6.10 Å². The SMILES string of the molecule is CC1CCCC(Oc2ccc3c(c2)OC(C)(C)CC3N)C1. The maximum absolute atomic E-state index is 6.25. The summed E-state index contributed by atoms with van der Waals surface area (Å²) >= 11 is 0. The van der Waals surface area contributed by atoms with Crippen molar-refractivity contribution in [3.05, 3.63) is 23.8 Å². The fourth-order valence-corrected chi connectivity index (χ4v) is 3.64. The minimum atomic E-state index is -0.204. The molecular weight excluding hydrogens is 262 g/mol. The number of hydrogen-bond donors (Lipinski definition) is 1. The van der Waals surface area contributed by atoms with Crippen LogP contribution in [0.2, 0.25) is 0 Å². The van der Waals surface area contributed by atoms with E-state index in [-0.39, 0.29) is 11.6 Å². The largest absolute Gasteiger partial charge is 0.490 e. The van der Waals surface area contributed by atoms with Gasteiger partial charge in [0.15, 0.2) is 0 Å². The van der Waals surface area contributed by atoms with Gasteiger partial charge in [0, 0.05) is 24.1 Å². The van der Waals surface area contributed by atoms with Crippen molar-refractivity contribution >= 4 is 0 Å². The van der Waals surface area contributed by atoms with E-state index < -0.39 is 0 Å². The zero-order chi connectivity index (χ0) is 15.0. The van der Waals surface area contributed by atoms with Crippen LogP contribution in [-0.4, -0.2) is 11.7 Å². The molecule has 0 spiro atoms. The molecule has 0 amide bonds. The van der Waals surface area contributed by atoms with Gasteiger partial charge in [0.1, 0.15) is 17.1 Å². The molecule has 0 bridgehead atoms. The molecule has 3 rings (SSSR count). The van der Waals surface area contributed by atoms with Crippen molar-refractivity contribution in [2.75, 3.05) is 0 Å². The van der Waals surface area contributed by atoms with E-state index in [2.05, 4.69) is 26.8 Å². The third kappa shape index (κ3) is 3.34. The Hall–Kier alpha value is -1.22. The minimum absolute atomic E-state index is 0.0486. The Morgan fingerprint density at radius 3 is 2.86 bits per heavy atom. The van der Waals surface area contributed by atoms with Gasteiger partial charge in [0.2, 0.25) is 0 Å². The van der Waals surface area contributed by atoms with Crippen molar-refractivity contribution in [3.63, 3.8) is 0 Å². The Kier molecular flexibility index (Phi) is 3.87. The lowest BCUT2D eigenvalue weighted by atomic mass is 9.88. The molecule has 1 aliphatic heterocycles. The fourth-order valence-electron chi connectivity index (χ4n) is 3.64. The van der Waals surface area contributed by atoms with E-state index in [1.807, 2.05) is 12.1 Å². The van der Waals surface area contributed by atoms with Crippen LogP contribution in [0.4, 0.5) is 0 Å². The maximum atomic E-state index is 6.25. The van der Waals surface area contributed by atoms with Crippen molar-refractivity contribution < 1.29 is 9.47 Å². The van der Waals surface area contributed by atoms with Crippen LogP contribution in [-0.2, 0) is 0 Å². The summed E-state index contributed by atoms with van der Waals surface area (Å²) in [5.41, 5.74) is 7.15. The average molecular weight is 289 g/mol. The number of hydrogen-bond acceptors (Lipinski definition) is 3. The lowest BCUT2D eigenvalue weighted by Crippen LogP contribution is -2.37. The molecule has 1 fully saturated rings. The zero-order valence-electron chi connectivity index (χ0n) is 13.4. The highest BCUT2D eigenvalue weighted by molar-refractivity contribution is 5.44. The Bertz CT molecular complexity index is 512. The van der Waals surface area contributed by atoms with Crippen molar-refractivity contribution in [2.24, 2.45) is 11.7 Å². The summed E-state index contributed by atoms with van der Waals surface area (Å²) in [6.45, 7) is 6.49. The van der Waals surface area contributed by atoms with Gasteiger partial charge in [-0.1, -0.05) is 19.4 Å². The summed E-state index contributed by atoms with van der Waals surface area (Å²) in [6, 6.07) is 6.18. The minimum Gasteiger partial charge on any atom is -0.490 e. The van der Waals surface area contributed by atoms with Crippen LogP contribution in [0.15, 0.2) is 18.2 Å². The standard InChI is InChI=1S/C18H27NO2/c1-12-5-4-6-13(9-12)20-14-7-8-15-16(19)11-18(2,3)21-17(15)10-14/h7-8,10,12-13,16H,4-6,9,11,19H2,1-3H3. The molecule has 1 aromatic rings. The lowest BCUT2D eigenvalue weighted by Gasteiger charge is -2.36. The predicted octanol–water partition coefficient (Wildman–Crippen LogP) is 4.21. The first-order valence-corrected chi connectivity index (χ1v) is 8.18. The van der Waals surface area contributed by atoms with Gasteiger partial charge < -0.3 is 15.2 Å². The summed E-state index contributed by atoms with van der Waals surface area (Å²) < 4.78 is 12.3. The Labute approximate surface area is 127 Å². The Morgan fingerprint density at radius 2 is 2.10 bits per heavy atom. The van der Waals surface area contributed by atoms with Crippen LogP contribution in [0.5, 0.6) is 11.5 Å². The Balaban J connectivity index is 1.76. The first-order valence-electron chi connectivity index (χ1n) is 8.18. The van der Waals surface area contributed by atoms with Gasteiger partial charge in [-0.3, -0.25) is 0 Å². The topological polar surface area (TPSA) is 44.5 Å². The molecule has 1 saturated carbocycles. The Morgan fingerprint density at radius 1 is 1.29 bits per heavy atom. The van der Waals surface area contributed by atoms with E-state index in [1.54, 1.807) is 0 Å². The van der Waals surface area contributed by atoms with Crippen LogP contribution in [0.1, 0.15) is 64.5 Å². The van der Waals surface area contributed by atoms with Crippen molar-refractivity contribution in [2.45, 2.75) is 70.6 Å². The number of rotatable bonds is 2. The second-order valence-corrected chi connectivity index (χ2v) is 7.38. The van der Waals surface area contributed by atoms with Gasteiger partial charge in [-0.05, 0) is 45.1 Å². The summed E-state index contributed by atoms with van der Waals surface area (Å²) in [5.74, 6) is 2.57. The average Bonchev–Trinajstić information content (AvgIpc) is 2.36. The van der Waals surface area contributed by atoms with E-state index in [0.717, 1.165) is 42.2 Å². The van der Waals surface area contributed by atoms with E-state index >= 15 is 0 Å². The number of nitrogens with two attached hydrogens (primary N) is 1. The van der Waals surface area contributed by atoms with E-state index in [0.29, 0.717) is 6.10 Å². The number of benzene rings is 1. The van der Waals surface area contributed by atoms with Gasteiger partial charge >= 0.3 is 0 Å². The first kappa shape index (κ1) is 14.7. The van der Waals surface area contributed by atoms with Crippen molar-refractivity contribution in [1.82, 2.24) is 0 Å². The molecule has 0 aromatic heterocycles. The molecule has 0 saturated heterocycles. The molecule has 3 atom stereocenters. The molecule has 2 aliphatic rings. The van der Waals surface area contributed by atoms with Crippen molar-refractivity contribution in [1.29, 1.82) is 0 Å². The first-order chi connectivity index (χ1) is 9.93. The van der Waals surface area contributed by atoms with Crippen LogP contribution in [0.3, 0.4) is 0 Å². The highest BCUT2D eigenvalue weighted by Crippen LogP contribution is 2.40. The number of ether oxygens (including phenoxy) is 2. The van der Waals surface area contributed by atoms with Crippen LogP contribution in [0.25, 0.3) is 0 Å². The molecule has 1 aliphatic carbocycles. The maximum Gasteiger partial charge on any atom is 0.128 e. The number of fused-ring (bicyclic) bond motifs is 1. The van der Waals surface area contributed by atoms with Gasteiger partial charge in [-0.2, -0.15) is 0 Å². The third-order valence-electron chi connectivity index (χ3n) is 4.67. The van der Waals surface area contributed by atoms with E-state index in [1.165, 1.54) is 12.8 Å². The molecule has 116 valence electrons. The molecule has 1 aromatic carbocycles. The molecule has 0 radical (unpaired) electrons. The van der Waals surface area contributed by atoms with Crippen LogP contribution >= 0.6 is 0 Å². The summed E-state index contributed by atoms with van der Waals surface area (Å²) in [6.07, 6.45) is 6.11. The van der Waals surface area contributed by atoms with Crippen molar-refractivity contribution in [3.8, 4) is 11.5 Å². The predicted molar refractivity (Wildman–Crippen MR) is 84.7 cm³/mol. The zero-order valence-corrected chi connectivity index (χ0v) is 13.4. The highest BCUT2D eigenvalue weighted by atomic mass is 16.5. The van der Waals surface area contributed by atoms with E-state index in [4.69, 9.17) is 15.2 Å². The third-order valence-corrected chi connectivity index (χ3v) is 4.67. The monoisotopic (exact) mass is 289 g/mol. The second-order valence-electron chi connectivity index (χ2n) is 7.38. The molecule has 3 nitrogen and oxygen atoms in total. The van der Waals surface area contributed by atoms with Crippen LogP contribution < -0.4 is 15.2 Å².